The number of para-hydroxylation sites is 1. The summed E-state index contributed by atoms with van der Waals surface area (Å²) in [7, 11) is -2.39. The third-order valence-corrected chi connectivity index (χ3v) is 8.20. The van der Waals surface area contributed by atoms with Crippen LogP contribution in [0.4, 0.5) is 10.5 Å². The van der Waals surface area contributed by atoms with E-state index >= 15 is 0 Å². The lowest BCUT2D eigenvalue weighted by Gasteiger charge is -2.13. The largest absolute Gasteiger partial charge is 0.504 e. The summed E-state index contributed by atoms with van der Waals surface area (Å²) in [4.78, 5) is 12.1. The van der Waals surface area contributed by atoms with Crippen LogP contribution in [0, 0.1) is 0 Å². The number of phenolic OH excluding ortho intramolecular Hbond substituents is 2. The van der Waals surface area contributed by atoms with Crippen molar-refractivity contribution in [1.82, 2.24) is 10.0 Å². The quantitative estimate of drug-likeness (QED) is 0.140. The van der Waals surface area contributed by atoms with Gasteiger partial charge in [0.05, 0.1) is 7.11 Å². The van der Waals surface area contributed by atoms with Gasteiger partial charge in [0.1, 0.15) is 21.5 Å². The molecule has 0 unspecified atom stereocenters. The molecule has 0 fully saturated rings. The van der Waals surface area contributed by atoms with Crippen LogP contribution in [0.3, 0.4) is 0 Å². The molecule has 12 heteroatoms. The summed E-state index contributed by atoms with van der Waals surface area (Å²) < 4.78 is 39.8. The number of thiophene rings is 1. The van der Waals surface area contributed by atoms with Gasteiger partial charge in [0.15, 0.2) is 11.5 Å². The van der Waals surface area contributed by atoms with Gasteiger partial charge in [-0.3, -0.25) is 0 Å². The molecular weight excluding hydrogens is 530 g/mol. The minimum absolute atomic E-state index is 0.0316. The summed E-state index contributed by atoms with van der Waals surface area (Å²) in [6.45, 7) is 0.0237. The monoisotopic (exact) mass is 555 g/mol. The molecule has 2 amide bonds. The molecule has 10 nitrogen and oxygen atoms in total. The highest BCUT2D eigenvalue weighted by molar-refractivity contribution is 7.91. The van der Waals surface area contributed by atoms with E-state index in [1.165, 1.54) is 25.3 Å². The summed E-state index contributed by atoms with van der Waals surface area (Å²) in [5.41, 5.74) is 1.50. The fraction of sp³-hybridized carbons (Fsp3) is 0.115. The normalized spacial score (nSPS) is 11.1. The Morgan fingerprint density at radius 1 is 0.895 bits per heavy atom. The second-order valence-corrected chi connectivity index (χ2v) is 10.8. The molecule has 0 saturated heterocycles. The summed E-state index contributed by atoms with van der Waals surface area (Å²) in [6.07, 6.45) is 0. The van der Waals surface area contributed by atoms with Crippen molar-refractivity contribution in [1.29, 1.82) is 0 Å². The number of sulfonamides is 1. The average Bonchev–Trinajstić information content (AvgIpc) is 3.40. The second-order valence-electron chi connectivity index (χ2n) is 7.88. The second kappa shape index (κ2) is 11.9. The van der Waals surface area contributed by atoms with Crippen LogP contribution in [0.5, 0.6) is 28.7 Å². The number of hydrogen-bond acceptors (Lipinski definition) is 8. The van der Waals surface area contributed by atoms with Crippen molar-refractivity contribution in [3.63, 3.8) is 0 Å². The van der Waals surface area contributed by atoms with Gasteiger partial charge in [-0.05, 0) is 41.8 Å². The SMILES string of the molecule is COc1cccc(NC(=O)NCCNS(=O)(=O)c2sccc2-c2ccccc2Oc2ccc(O)c(O)c2)c1. The smallest absolute Gasteiger partial charge is 0.319 e. The zero-order valence-electron chi connectivity index (χ0n) is 20.2. The Hall–Kier alpha value is -4.26. The number of anilines is 1. The van der Waals surface area contributed by atoms with Crippen LogP contribution in [0.25, 0.3) is 11.1 Å². The molecule has 0 saturated carbocycles. The Bertz CT molecular complexity index is 1540. The predicted octanol–water partition coefficient (Wildman–Crippen LogP) is 4.73. The maximum absolute atomic E-state index is 13.1. The van der Waals surface area contributed by atoms with E-state index in [1.807, 2.05) is 0 Å². The number of phenols is 2. The van der Waals surface area contributed by atoms with Crippen molar-refractivity contribution >= 4 is 33.1 Å². The molecule has 0 aliphatic carbocycles. The Balaban J connectivity index is 1.41. The first-order valence-corrected chi connectivity index (χ1v) is 13.7. The molecule has 0 spiro atoms. The molecular formula is C26H25N3O7S2. The van der Waals surface area contributed by atoms with E-state index in [1.54, 1.807) is 60.0 Å². The van der Waals surface area contributed by atoms with Crippen molar-refractivity contribution in [2.45, 2.75) is 4.21 Å². The fourth-order valence-corrected chi connectivity index (χ4v) is 5.93. The van der Waals surface area contributed by atoms with Crippen LogP contribution in [-0.2, 0) is 10.0 Å². The maximum atomic E-state index is 13.1. The molecule has 3 aromatic carbocycles. The molecule has 0 radical (unpaired) electrons. The van der Waals surface area contributed by atoms with E-state index in [2.05, 4.69) is 15.4 Å². The third-order valence-electron chi connectivity index (χ3n) is 5.26. The summed E-state index contributed by atoms with van der Waals surface area (Å²) in [5, 5.41) is 26.2. The van der Waals surface area contributed by atoms with Gasteiger partial charge in [-0.1, -0.05) is 24.3 Å². The summed E-state index contributed by atoms with van der Waals surface area (Å²) in [5.74, 6) is 0.603. The lowest BCUT2D eigenvalue weighted by Crippen LogP contribution is -2.36. The van der Waals surface area contributed by atoms with Gasteiger partial charge >= 0.3 is 6.03 Å². The number of nitrogens with one attached hydrogen (secondary N) is 3. The van der Waals surface area contributed by atoms with Gasteiger partial charge in [0, 0.05) is 42.0 Å². The van der Waals surface area contributed by atoms with Crippen LogP contribution < -0.4 is 24.8 Å². The molecule has 5 N–H and O–H groups in total. The average molecular weight is 556 g/mol. The van der Waals surface area contributed by atoms with Crippen LogP contribution in [0.2, 0.25) is 0 Å². The number of carbonyl (C=O) groups excluding carboxylic acids is 1. The first-order valence-electron chi connectivity index (χ1n) is 11.3. The first-order chi connectivity index (χ1) is 18.3. The van der Waals surface area contributed by atoms with Gasteiger partial charge in [0.25, 0.3) is 10.0 Å². The van der Waals surface area contributed by atoms with Gasteiger partial charge < -0.3 is 30.3 Å². The molecule has 0 aliphatic rings. The van der Waals surface area contributed by atoms with Gasteiger partial charge in [-0.2, -0.15) is 0 Å². The summed E-state index contributed by atoms with van der Waals surface area (Å²) in [6, 6.07) is 19.0. The lowest BCUT2D eigenvalue weighted by atomic mass is 10.1. The lowest BCUT2D eigenvalue weighted by molar-refractivity contribution is 0.252. The number of hydrogen-bond donors (Lipinski definition) is 5. The Morgan fingerprint density at radius 2 is 1.71 bits per heavy atom. The van der Waals surface area contributed by atoms with Gasteiger partial charge in [-0.15, -0.1) is 11.3 Å². The maximum Gasteiger partial charge on any atom is 0.319 e. The highest BCUT2D eigenvalue weighted by atomic mass is 32.2. The molecule has 1 heterocycles. The van der Waals surface area contributed by atoms with Crippen LogP contribution in [0.15, 0.2) is 82.4 Å². The van der Waals surface area contributed by atoms with E-state index in [9.17, 15) is 23.4 Å². The van der Waals surface area contributed by atoms with Crippen LogP contribution in [-0.4, -0.2) is 44.9 Å². The number of methoxy groups -OCH3 is 1. The Labute approximate surface area is 223 Å². The number of rotatable bonds is 10. The minimum Gasteiger partial charge on any atom is -0.504 e. The summed E-state index contributed by atoms with van der Waals surface area (Å²) >= 11 is 1.05. The highest BCUT2D eigenvalue weighted by Crippen LogP contribution is 2.40. The van der Waals surface area contributed by atoms with E-state index in [4.69, 9.17) is 9.47 Å². The van der Waals surface area contributed by atoms with E-state index in [0.717, 1.165) is 11.3 Å². The zero-order chi connectivity index (χ0) is 27.1. The molecule has 4 aromatic rings. The molecule has 198 valence electrons. The number of urea groups is 1. The van der Waals surface area contributed by atoms with Crippen molar-refractivity contribution in [3.05, 3.63) is 78.2 Å². The molecule has 38 heavy (non-hydrogen) atoms. The number of carbonyl (C=O) groups is 1. The molecule has 1 aromatic heterocycles. The van der Waals surface area contributed by atoms with Crippen molar-refractivity contribution in [2.75, 3.05) is 25.5 Å². The standard InChI is InChI=1S/C26H25N3O7S2/c1-35-18-6-4-5-17(15-18)29-26(32)27-12-13-28-38(33,34)25-21(11-14-37-25)20-7-2-3-8-24(20)36-19-9-10-22(30)23(31)16-19/h2-11,14-16,28,30-31H,12-13H2,1H3,(H2,27,29,32). The van der Waals surface area contributed by atoms with E-state index in [-0.39, 0.29) is 34.5 Å². The zero-order valence-corrected chi connectivity index (χ0v) is 21.8. The minimum atomic E-state index is -3.91. The number of benzene rings is 3. The van der Waals surface area contributed by atoms with Crippen LogP contribution >= 0.6 is 11.3 Å². The van der Waals surface area contributed by atoms with E-state index in [0.29, 0.717) is 28.3 Å². The Morgan fingerprint density at radius 3 is 2.50 bits per heavy atom. The van der Waals surface area contributed by atoms with Gasteiger partial charge in [0.2, 0.25) is 0 Å². The topological polar surface area (TPSA) is 146 Å². The number of ether oxygens (including phenoxy) is 2. The molecule has 0 bridgehead atoms. The van der Waals surface area contributed by atoms with Crippen molar-refractivity contribution < 1.29 is 32.9 Å². The van der Waals surface area contributed by atoms with E-state index < -0.39 is 16.1 Å². The number of aromatic hydroxyl groups is 2. The predicted molar refractivity (Wildman–Crippen MR) is 145 cm³/mol. The third kappa shape index (κ3) is 6.54. The van der Waals surface area contributed by atoms with Gasteiger partial charge in [-0.25, -0.2) is 17.9 Å². The molecule has 0 aliphatic heterocycles. The Kier molecular flexibility index (Phi) is 8.36. The van der Waals surface area contributed by atoms with Crippen LogP contribution in [0.1, 0.15) is 0 Å². The van der Waals surface area contributed by atoms with Crippen molar-refractivity contribution in [3.8, 4) is 39.9 Å². The van der Waals surface area contributed by atoms with Crippen molar-refractivity contribution in [2.24, 2.45) is 0 Å². The molecule has 4 rings (SSSR count). The molecule has 0 atom stereocenters. The highest BCUT2D eigenvalue weighted by Gasteiger charge is 2.23. The number of amides is 2. The first kappa shape index (κ1) is 26.8. The fourth-order valence-electron chi connectivity index (χ4n) is 3.48.